The average Bonchev–Trinajstić information content (AvgIpc) is 3.18. The van der Waals surface area contributed by atoms with E-state index in [1.54, 1.807) is 47.2 Å². The van der Waals surface area contributed by atoms with Crippen LogP contribution in [-0.4, -0.2) is 21.4 Å². The van der Waals surface area contributed by atoms with E-state index in [1.165, 1.54) is 30.6 Å². The van der Waals surface area contributed by atoms with E-state index in [-0.39, 0.29) is 16.6 Å². The number of anilines is 2. The van der Waals surface area contributed by atoms with Crippen LogP contribution >= 0.6 is 22.9 Å². The van der Waals surface area contributed by atoms with Crippen molar-refractivity contribution in [3.63, 3.8) is 0 Å². The van der Waals surface area contributed by atoms with Crippen molar-refractivity contribution in [1.82, 2.24) is 0 Å². The zero-order valence-electron chi connectivity index (χ0n) is 14.1. The van der Waals surface area contributed by atoms with Crippen LogP contribution in [-0.2, 0) is 10.0 Å². The van der Waals surface area contributed by atoms with Gasteiger partial charge in [-0.05, 0) is 53.9 Å². The molecule has 6 nitrogen and oxygen atoms in total. The van der Waals surface area contributed by atoms with Crippen LogP contribution in [0.15, 0.2) is 64.2 Å². The minimum absolute atomic E-state index is 0.0944. The second kappa shape index (κ2) is 7.99. The van der Waals surface area contributed by atoms with Crippen molar-refractivity contribution in [3.8, 4) is 5.75 Å². The largest absolute Gasteiger partial charge is 0.495 e. The molecule has 0 aliphatic rings. The van der Waals surface area contributed by atoms with Gasteiger partial charge in [-0.1, -0.05) is 11.6 Å². The van der Waals surface area contributed by atoms with Crippen LogP contribution in [0.1, 0.15) is 10.4 Å². The molecule has 0 saturated heterocycles. The molecule has 2 N–H and O–H groups in total. The Morgan fingerprint density at radius 3 is 2.41 bits per heavy atom. The fraction of sp³-hybridized carbons (Fsp3) is 0.0556. The molecule has 27 heavy (non-hydrogen) atoms. The summed E-state index contributed by atoms with van der Waals surface area (Å²) in [7, 11) is -2.57. The summed E-state index contributed by atoms with van der Waals surface area (Å²) in [6, 6.07) is 12.3. The minimum atomic E-state index is -3.95. The number of hydrogen-bond donors (Lipinski definition) is 2. The van der Waals surface area contributed by atoms with Crippen LogP contribution < -0.4 is 14.8 Å². The highest BCUT2D eigenvalue weighted by Gasteiger charge is 2.21. The standard InChI is InChI=1S/C18H15ClN2O4S2/c1-25-16-7-6-15(20-18(22)12-8-9-26-11-12)10-17(16)27(23,24)21-14-4-2-13(19)3-5-14/h2-11,21H,1H3,(H,20,22). The predicted molar refractivity (Wildman–Crippen MR) is 108 cm³/mol. The summed E-state index contributed by atoms with van der Waals surface area (Å²) in [5.41, 5.74) is 1.19. The van der Waals surface area contributed by atoms with Gasteiger partial charge in [-0.15, -0.1) is 0 Å². The first-order valence-electron chi connectivity index (χ1n) is 7.69. The Morgan fingerprint density at radius 1 is 1.07 bits per heavy atom. The van der Waals surface area contributed by atoms with E-state index in [0.717, 1.165) is 0 Å². The number of halogens is 1. The Bertz CT molecular complexity index is 1050. The van der Waals surface area contributed by atoms with Gasteiger partial charge in [-0.3, -0.25) is 9.52 Å². The molecule has 9 heteroatoms. The number of hydrogen-bond acceptors (Lipinski definition) is 5. The maximum absolute atomic E-state index is 12.8. The number of methoxy groups -OCH3 is 1. The van der Waals surface area contributed by atoms with Gasteiger partial charge >= 0.3 is 0 Å². The molecule has 0 bridgehead atoms. The van der Waals surface area contributed by atoms with Gasteiger partial charge in [0.2, 0.25) is 0 Å². The van der Waals surface area contributed by atoms with Crippen molar-refractivity contribution in [3.05, 3.63) is 69.9 Å². The Kier molecular flexibility index (Phi) is 5.69. The van der Waals surface area contributed by atoms with E-state index in [2.05, 4.69) is 10.0 Å². The van der Waals surface area contributed by atoms with Crippen LogP contribution in [0.3, 0.4) is 0 Å². The van der Waals surface area contributed by atoms with E-state index in [9.17, 15) is 13.2 Å². The van der Waals surface area contributed by atoms with Gasteiger partial charge in [0.05, 0.1) is 12.7 Å². The van der Waals surface area contributed by atoms with Crippen molar-refractivity contribution >= 4 is 50.2 Å². The molecular formula is C18H15ClN2O4S2. The number of carbonyl (C=O) groups is 1. The number of ether oxygens (including phenoxy) is 1. The lowest BCUT2D eigenvalue weighted by atomic mass is 10.2. The molecule has 0 spiro atoms. The van der Waals surface area contributed by atoms with Crippen LogP contribution in [0.25, 0.3) is 0 Å². The summed E-state index contributed by atoms with van der Waals surface area (Å²) in [5, 5.41) is 6.67. The highest BCUT2D eigenvalue weighted by molar-refractivity contribution is 7.92. The summed E-state index contributed by atoms with van der Waals surface area (Å²) >= 11 is 7.22. The molecule has 0 aliphatic heterocycles. The zero-order valence-corrected chi connectivity index (χ0v) is 16.5. The van der Waals surface area contributed by atoms with Crippen LogP contribution in [0.4, 0.5) is 11.4 Å². The van der Waals surface area contributed by atoms with E-state index < -0.39 is 10.0 Å². The Morgan fingerprint density at radius 2 is 1.78 bits per heavy atom. The average molecular weight is 423 g/mol. The maximum Gasteiger partial charge on any atom is 0.265 e. The lowest BCUT2D eigenvalue weighted by Gasteiger charge is -2.13. The van der Waals surface area contributed by atoms with Crippen LogP contribution in [0.2, 0.25) is 5.02 Å². The molecule has 3 rings (SSSR count). The first-order valence-corrected chi connectivity index (χ1v) is 10.5. The number of nitrogens with one attached hydrogen (secondary N) is 2. The molecule has 3 aromatic rings. The molecule has 0 fully saturated rings. The predicted octanol–water partition coefficient (Wildman–Crippen LogP) is 4.46. The SMILES string of the molecule is COc1ccc(NC(=O)c2ccsc2)cc1S(=O)(=O)Nc1ccc(Cl)cc1. The zero-order chi connectivity index (χ0) is 19.4. The van der Waals surface area contributed by atoms with Gasteiger partial charge in [0.1, 0.15) is 10.6 Å². The minimum Gasteiger partial charge on any atom is -0.495 e. The van der Waals surface area contributed by atoms with Gasteiger partial charge < -0.3 is 10.1 Å². The number of carbonyl (C=O) groups excluding carboxylic acids is 1. The molecule has 1 heterocycles. The summed E-state index contributed by atoms with van der Waals surface area (Å²) in [6.45, 7) is 0. The third kappa shape index (κ3) is 4.60. The molecule has 1 aromatic heterocycles. The third-order valence-electron chi connectivity index (χ3n) is 3.59. The summed E-state index contributed by atoms with van der Waals surface area (Å²) in [4.78, 5) is 12.1. The smallest absolute Gasteiger partial charge is 0.265 e. The molecule has 0 unspecified atom stereocenters. The maximum atomic E-state index is 12.8. The molecule has 0 saturated carbocycles. The quantitative estimate of drug-likeness (QED) is 0.614. The lowest BCUT2D eigenvalue weighted by Crippen LogP contribution is -2.16. The Hall–Kier alpha value is -2.55. The highest BCUT2D eigenvalue weighted by Crippen LogP contribution is 2.29. The number of rotatable bonds is 6. The number of sulfonamides is 1. The molecule has 1 amide bonds. The lowest BCUT2D eigenvalue weighted by molar-refractivity contribution is 0.102. The first-order chi connectivity index (χ1) is 12.9. The normalized spacial score (nSPS) is 11.0. The highest BCUT2D eigenvalue weighted by atomic mass is 35.5. The van der Waals surface area contributed by atoms with Crippen molar-refractivity contribution in [2.75, 3.05) is 17.1 Å². The fourth-order valence-corrected chi connectivity index (χ4v) is 4.31. The summed E-state index contributed by atoms with van der Waals surface area (Å²) in [6.07, 6.45) is 0. The monoisotopic (exact) mass is 422 g/mol. The van der Waals surface area contributed by atoms with Crippen LogP contribution in [0, 0.1) is 0 Å². The summed E-state index contributed by atoms with van der Waals surface area (Å²) in [5.74, 6) is -0.166. The van der Waals surface area contributed by atoms with E-state index in [0.29, 0.717) is 22.0 Å². The van der Waals surface area contributed by atoms with Gasteiger partial charge in [0.25, 0.3) is 15.9 Å². The van der Waals surface area contributed by atoms with Gasteiger partial charge in [0.15, 0.2) is 0 Å². The Labute approximate surface area is 165 Å². The Balaban J connectivity index is 1.90. The first kappa shape index (κ1) is 19.2. The molecule has 0 atom stereocenters. The molecule has 2 aromatic carbocycles. The second-order valence-corrected chi connectivity index (χ2v) is 8.31. The number of amides is 1. The molecule has 0 aliphatic carbocycles. The van der Waals surface area contributed by atoms with E-state index in [1.807, 2.05) is 0 Å². The second-order valence-electron chi connectivity index (χ2n) is 5.44. The van der Waals surface area contributed by atoms with Crippen molar-refractivity contribution in [2.24, 2.45) is 0 Å². The molecule has 0 radical (unpaired) electrons. The van der Waals surface area contributed by atoms with Gasteiger partial charge in [-0.25, -0.2) is 8.42 Å². The fourth-order valence-electron chi connectivity index (χ4n) is 2.29. The third-order valence-corrected chi connectivity index (χ3v) is 5.93. The van der Waals surface area contributed by atoms with Gasteiger partial charge in [-0.2, -0.15) is 11.3 Å². The van der Waals surface area contributed by atoms with Crippen molar-refractivity contribution in [2.45, 2.75) is 4.90 Å². The van der Waals surface area contributed by atoms with E-state index >= 15 is 0 Å². The van der Waals surface area contributed by atoms with Gasteiger partial charge in [0, 0.05) is 21.8 Å². The van der Waals surface area contributed by atoms with Crippen molar-refractivity contribution in [1.29, 1.82) is 0 Å². The number of benzene rings is 2. The molecular weight excluding hydrogens is 408 g/mol. The van der Waals surface area contributed by atoms with E-state index in [4.69, 9.17) is 16.3 Å². The van der Waals surface area contributed by atoms with Crippen LogP contribution in [0.5, 0.6) is 5.75 Å². The molecule has 140 valence electrons. The number of thiophene rings is 1. The van der Waals surface area contributed by atoms with Crippen molar-refractivity contribution < 1.29 is 17.9 Å². The summed E-state index contributed by atoms with van der Waals surface area (Å²) < 4.78 is 33.2. The topological polar surface area (TPSA) is 84.5 Å².